The maximum atomic E-state index is 4.72. The quantitative estimate of drug-likeness (QED) is 0.930. The Morgan fingerprint density at radius 1 is 1.30 bits per heavy atom. The van der Waals surface area contributed by atoms with E-state index in [9.17, 15) is 0 Å². The van der Waals surface area contributed by atoms with Gasteiger partial charge in [-0.25, -0.2) is 4.98 Å². The predicted octanol–water partition coefficient (Wildman–Crippen LogP) is 2.22. The van der Waals surface area contributed by atoms with Crippen LogP contribution in [0.1, 0.15) is 30.5 Å². The van der Waals surface area contributed by atoms with Gasteiger partial charge in [-0.3, -0.25) is 4.90 Å². The lowest BCUT2D eigenvalue weighted by Crippen LogP contribution is -2.32. The van der Waals surface area contributed by atoms with Gasteiger partial charge < -0.3 is 9.72 Å². The minimum absolute atomic E-state index is 0.677. The molecule has 1 unspecified atom stereocenters. The fraction of sp³-hybridized carbons (Fsp3) is 0.562. The van der Waals surface area contributed by atoms with Gasteiger partial charge in [0.15, 0.2) is 0 Å². The number of nitrogens with one attached hydrogen (secondary N) is 1. The maximum Gasteiger partial charge on any atom is 0.137 e. The van der Waals surface area contributed by atoms with Crippen LogP contribution in [0.5, 0.6) is 0 Å². The molecule has 1 fully saturated rings. The van der Waals surface area contributed by atoms with Crippen LogP contribution in [0.2, 0.25) is 0 Å². The number of hydrogen-bond donors (Lipinski definition) is 1. The van der Waals surface area contributed by atoms with Crippen molar-refractivity contribution in [3.8, 4) is 0 Å². The van der Waals surface area contributed by atoms with Crippen LogP contribution in [0, 0.1) is 6.92 Å². The van der Waals surface area contributed by atoms with E-state index < -0.39 is 0 Å². The molecule has 1 aliphatic rings. The summed E-state index contributed by atoms with van der Waals surface area (Å²) < 4.78 is 2.13. The van der Waals surface area contributed by atoms with E-state index in [0.29, 0.717) is 6.04 Å². The zero-order valence-electron chi connectivity index (χ0n) is 12.5. The number of nitrogens with zero attached hydrogens (tertiary/aromatic N) is 3. The maximum absolute atomic E-state index is 4.72. The fourth-order valence-electron chi connectivity index (χ4n) is 3.06. The number of pyridine rings is 1. The van der Waals surface area contributed by atoms with Crippen molar-refractivity contribution in [3.05, 3.63) is 35.8 Å². The summed E-state index contributed by atoms with van der Waals surface area (Å²) in [6.07, 6.45) is 8.10. The van der Waals surface area contributed by atoms with E-state index in [4.69, 9.17) is 4.98 Å². The van der Waals surface area contributed by atoms with Gasteiger partial charge in [0, 0.05) is 25.0 Å². The van der Waals surface area contributed by atoms with Gasteiger partial charge in [-0.2, -0.15) is 0 Å². The van der Waals surface area contributed by atoms with Crippen LogP contribution in [0.3, 0.4) is 0 Å². The van der Waals surface area contributed by atoms with E-state index >= 15 is 0 Å². The Morgan fingerprint density at radius 3 is 3.10 bits per heavy atom. The average Bonchev–Trinajstić information content (AvgIpc) is 2.64. The number of aryl methyl sites for hydroxylation is 1. The van der Waals surface area contributed by atoms with Crippen LogP contribution in [0.15, 0.2) is 24.5 Å². The molecule has 1 saturated heterocycles. The van der Waals surface area contributed by atoms with Crippen molar-refractivity contribution in [3.63, 3.8) is 0 Å². The summed E-state index contributed by atoms with van der Waals surface area (Å²) in [5.41, 5.74) is 3.47. The number of aromatic nitrogens is 2. The first kappa shape index (κ1) is 13.6. The molecular weight excluding hydrogens is 248 g/mol. The van der Waals surface area contributed by atoms with Gasteiger partial charge in [0.25, 0.3) is 0 Å². The van der Waals surface area contributed by atoms with Gasteiger partial charge in [0.1, 0.15) is 5.65 Å². The van der Waals surface area contributed by atoms with E-state index in [0.717, 1.165) is 31.0 Å². The van der Waals surface area contributed by atoms with Gasteiger partial charge in [-0.1, -0.05) is 6.07 Å². The van der Waals surface area contributed by atoms with Crippen molar-refractivity contribution in [1.82, 2.24) is 19.6 Å². The van der Waals surface area contributed by atoms with Crippen molar-refractivity contribution in [2.75, 3.05) is 20.1 Å². The molecule has 2 aromatic rings. The van der Waals surface area contributed by atoms with Gasteiger partial charge in [-0.15, -0.1) is 0 Å². The van der Waals surface area contributed by atoms with Crippen molar-refractivity contribution in [2.45, 2.75) is 38.8 Å². The molecule has 4 heteroatoms. The average molecular weight is 272 g/mol. The van der Waals surface area contributed by atoms with Crippen molar-refractivity contribution in [2.24, 2.45) is 0 Å². The molecule has 3 rings (SSSR count). The molecule has 2 aromatic heterocycles. The Bertz CT molecular complexity index is 567. The van der Waals surface area contributed by atoms with Gasteiger partial charge in [0.2, 0.25) is 0 Å². The Hall–Kier alpha value is -1.39. The zero-order valence-corrected chi connectivity index (χ0v) is 12.5. The highest BCUT2D eigenvalue weighted by Gasteiger charge is 2.17. The molecule has 0 amide bonds. The molecule has 0 bridgehead atoms. The molecule has 1 atom stereocenters. The molecule has 4 nitrogen and oxygen atoms in total. The number of rotatable bonds is 3. The molecule has 0 spiro atoms. The second kappa shape index (κ2) is 5.94. The van der Waals surface area contributed by atoms with Crippen LogP contribution in [0.25, 0.3) is 5.65 Å². The van der Waals surface area contributed by atoms with Gasteiger partial charge in [-0.05, 0) is 58.0 Å². The smallest absolute Gasteiger partial charge is 0.137 e. The highest BCUT2D eigenvalue weighted by Crippen LogP contribution is 2.15. The van der Waals surface area contributed by atoms with Crippen molar-refractivity contribution >= 4 is 5.65 Å². The summed E-state index contributed by atoms with van der Waals surface area (Å²) in [7, 11) is 2.23. The monoisotopic (exact) mass is 272 g/mol. The van der Waals surface area contributed by atoms with Gasteiger partial charge in [0.05, 0.1) is 5.69 Å². The first-order valence-electron chi connectivity index (χ1n) is 7.57. The molecule has 1 aliphatic heterocycles. The second-order valence-corrected chi connectivity index (χ2v) is 5.95. The van der Waals surface area contributed by atoms with Crippen LogP contribution < -0.4 is 5.32 Å². The summed E-state index contributed by atoms with van der Waals surface area (Å²) in [4.78, 5) is 7.18. The molecule has 0 radical (unpaired) electrons. The van der Waals surface area contributed by atoms with Crippen molar-refractivity contribution in [1.29, 1.82) is 0 Å². The van der Waals surface area contributed by atoms with E-state index in [-0.39, 0.29) is 0 Å². The lowest BCUT2D eigenvalue weighted by atomic mass is 10.1. The van der Waals surface area contributed by atoms with Crippen LogP contribution in [0.4, 0.5) is 0 Å². The Morgan fingerprint density at radius 2 is 2.20 bits per heavy atom. The minimum Gasteiger partial charge on any atom is -0.317 e. The third kappa shape index (κ3) is 3.02. The molecule has 1 N–H and O–H groups in total. The molecule has 3 heterocycles. The normalized spacial score (nSPS) is 20.4. The van der Waals surface area contributed by atoms with Gasteiger partial charge >= 0.3 is 0 Å². The highest BCUT2D eigenvalue weighted by molar-refractivity contribution is 5.41. The minimum atomic E-state index is 0.677. The van der Waals surface area contributed by atoms with E-state index in [1.54, 1.807) is 0 Å². The molecule has 20 heavy (non-hydrogen) atoms. The van der Waals surface area contributed by atoms with Crippen molar-refractivity contribution < 1.29 is 0 Å². The van der Waals surface area contributed by atoms with Crippen LogP contribution in [-0.4, -0.2) is 40.5 Å². The first-order valence-corrected chi connectivity index (χ1v) is 7.57. The SMILES string of the molecule is Cc1ccc2nc(CN(C)C3CCCNCC3)cn2c1. The van der Waals surface area contributed by atoms with Crippen LogP contribution in [-0.2, 0) is 6.54 Å². The molecule has 0 saturated carbocycles. The predicted molar refractivity (Wildman–Crippen MR) is 81.9 cm³/mol. The first-order chi connectivity index (χ1) is 9.72. The molecular formula is C16H24N4. The Kier molecular flexibility index (Phi) is 4.03. The largest absolute Gasteiger partial charge is 0.317 e. The summed E-state index contributed by atoms with van der Waals surface area (Å²) >= 11 is 0. The molecule has 0 aromatic carbocycles. The fourth-order valence-corrected chi connectivity index (χ4v) is 3.06. The third-order valence-corrected chi connectivity index (χ3v) is 4.23. The second-order valence-electron chi connectivity index (χ2n) is 5.95. The third-order valence-electron chi connectivity index (χ3n) is 4.23. The van der Waals surface area contributed by atoms with Crippen LogP contribution >= 0.6 is 0 Å². The Labute approximate surface area is 120 Å². The standard InChI is InChI=1S/C16H24N4/c1-13-5-6-16-18-14(12-20(16)10-13)11-19(2)15-4-3-8-17-9-7-15/h5-6,10,12,15,17H,3-4,7-9,11H2,1-2H3. The number of fused-ring (bicyclic) bond motifs is 1. The highest BCUT2D eigenvalue weighted by atomic mass is 15.1. The zero-order chi connectivity index (χ0) is 13.9. The van der Waals surface area contributed by atoms with E-state index in [1.165, 1.54) is 24.8 Å². The summed E-state index contributed by atoms with van der Waals surface area (Å²) in [6, 6.07) is 4.89. The van der Waals surface area contributed by atoms with E-state index in [2.05, 4.69) is 53.1 Å². The topological polar surface area (TPSA) is 32.6 Å². The molecule has 108 valence electrons. The lowest BCUT2D eigenvalue weighted by molar-refractivity contribution is 0.214. The number of imidazole rings is 1. The van der Waals surface area contributed by atoms with E-state index in [1.807, 2.05) is 0 Å². The number of hydrogen-bond acceptors (Lipinski definition) is 3. The summed E-state index contributed by atoms with van der Waals surface area (Å²) in [5.74, 6) is 0. The summed E-state index contributed by atoms with van der Waals surface area (Å²) in [6.45, 7) is 5.35. The summed E-state index contributed by atoms with van der Waals surface area (Å²) in [5, 5.41) is 3.48. The molecule has 0 aliphatic carbocycles. The lowest BCUT2D eigenvalue weighted by Gasteiger charge is -2.25. The Balaban J connectivity index is 1.71.